The molecule has 0 rings (SSSR count). The van der Waals surface area contributed by atoms with Crippen molar-refractivity contribution in [2.24, 2.45) is 0 Å². The Bertz CT molecular complexity index is 1080. The number of carbonyl (C=O) groups is 2. The summed E-state index contributed by atoms with van der Waals surface area (Å²) >= 11 is 0. The van der Waals surface area contributed by atoms with Gasteiger partial charge in [0.25, 0.3) is 0 Å². The molecule has 5 heteroatoms. The lowest BCUT2D eigenvalue weighted by Gasteiger charge is -2.18. The summed E-state index contributed by atoms with van der Waals surface area (Å²) in [5, 5.41) is 0. The first-order valence-electron chi connectivity index (χ1n) is 25.5. The van der Waals surface area contributed by atoms with Gasteiger partial charge in [-0.25, -0.2) is 0 Å². The number of allylic oxidation sites excluding steroid dienone is 11. The molecule has 0 aromatic heterocycles. The van der Waals surface area contributed by atoms with E-state index in [1.54, 1.807) is 0 Å². The number of ether oxygens (including phenoxy) is 3. The van der Waals surface area contributed by atoms with Gasteiger partial charge in [-0.05, 0) is 70.6 Å². The summed E-state index contributed by atoms with van der Waals surface area (Å²) in [6.07, 6.45) is 65.0. The first-order chi connectivity index (χ1) is 29.6. The molecule has 0 aliphatic rings. The fourth-order valence-electron chi connectivity index (χ4n) is 6.99. The van der Waals surface area contributed by atoms with E-state index in [9.17, 15) is 9.59 Å². The van der Waals surface area contributed by atoms with E-state index < -0.39 is 6.10 Å². The van der Waals surface area contributed by atoms with Crippen LogP contribution in [0.4, 0.5) is 0 Å². The van der Waals surface area contributed by atoms with E-state index in [0.717, 1.165) is 70.6 Å². The van der Waals surface area contributed by atoms with Crippen molar-refractivity contribution in [3.8, 4) is 0 Å². The highest BCUT2D eigenvalue weighted by molar-refractivity contribution is 5.71. The van der Waals surface area contributed by atoms with E-state index in [1.807, 2.05) is 12.2 Å². The first-order valence-corrected chi connectivity index (χ1v) is 25.5. The van der Waals surface area contributed by atoms with Gasteiger partial charge in [0.05, 0.1) is 13.0 Å². The van der Waals surface area contributed by atoms with Crippen molar-refractivity contribution in [3.05, 3.63) is 72.9 Å². The molecule has 0 saturated carbocycles. The molecule has 0 saturated heterocycles. The maximum Gasteiger partial charge on any atom is 0.309 e. The summed E-state index contributed by atoms with van der Waals surface area (Å²) in [5.74, 6) is -0.548. The van der Waals surface area contributed by atoms with Crippen molar-refractivity contribution in [3.63, 3.8) is 0 Å². The van der Waals surface area contributed by atoms with Crippen molar-refractivity contribution in [1.29, 1.82) is 0 Å². The van der Waals surface area contributed by atoms with Crippen molar-refractivity contribution in [2.45, 2.75) is 245 Å². The SMILES string of the molecule is CC/C=C\C/C=C\C/C=C\C/C=C\C/C=C\CC(=O)OCC(COCCCCCCCCCCCCCCCC)OC(=O)CCCCCCC/C=C\CCCCCCCC. The van der Waals surface area contributed by atoms with Gasteiger partial charge in [0.15, 0.2) is 6.10 Å². The molecule has 0 radical (unpaired) electrons. The zero-order valence-electron chi connectivity index (χ0n) is 39.7. The minimum Gasteiger partial charge on any atom is -0.461 e. The quantitative estimate of drug-likeness (QED) is 0.0347. The van der Waals surface area contributed by atoms with Crippen molar-refractivity contribution < 1.29 is 23.8 Å². The molecule has 1 atom stereocenters. The number of hydrogen-bond acceptors (Lipinski definition) is 5. The third-order valence-electron chi connectivity index (χ3n) is 10.8. The minimum absolute atomic E-state index is 0.0282. The molecule has 346 valence electrons. The summed E-state index contributed by atoms with van der Waals surface area (Å²) in [6.45, 7) is 7.61. The van der Waals surface area contributed by atoms with Crippen molar-refractivity contribution in [1.82, 2.24) is 0 Å². The lowest BCUT2D eigenvalue weighted by molar-refractivity contribution is -0.162. The second-order valence-electron chi connectivity index (χ2n) is 16.7. The van der Waals surface area contributed by atoms with Crippen LogP contribution in [0, 0.1) is 0 Å². The summed E-state index contributed by atoms with van der Waals surface area (Å²) in [5.41, 5.74) is 0. The molecule has 0 amide bonds. The third kappa shape index (κ3) is 48.0. The van der Waals surface area contributed by atoms with E-state index in [4.69, 9.17) is 14.2 Å². The Kier molecular flexibility index (Phi) is 48.4. The number of carbonyl (C=O) groups excluding carboxylic acids is 2. The van der Waals surface area contributed by atoms with Gasteiger partial charge in [-0.15, -0.1) is 0 Å². The number of unbranched alkanes of at least 4 members (excludes halogenated alkanes) is 24. The van der Waals surface area contributed by atoms with Crippen LogP contribution in [0.2, 0.25) is 0 Å². The van der Waals surface area contributed by atoms with Crippen LogP contribution in [0.3, 0.4) is 0 Å². The molecule has 0 fully saturated rings. The molecule has 60 heavy (non-hydrogen) atoms. The van der Waals surface area contributed by atoms with Gasteiger partial charge in [0.1, 0.15) is 6.61 Å². The highest BCUT2D eigenvalue weighted by Gasteiger charge is 2.17. The van der Waals surface area contributed by atoms with Crippen LogP contribution in [-0.4, -0.2) is 37.9 Å². The molecule has 0 bridgehead atoms. The average molecular weight is 837 g/mol. The average Bonchev–Trinajstić information content (AvgIpc) is 3.25. The summed E-state index contributed by atoms with van der Waals surface area (Å²) in [7, 11) is 0. The Labute approximate surface area is 372 Å². The van der Waals surface area contributed by atoms with Gasteiger partial charge in [0.2, 0.25) is 0 Å². The van der Waals surface area contributed by atoms with Crippen LogP contribution in [0.5, 0.6) is 0 Å². The van der Waals surface area contributed by atoms with Gasteiger partial charge in [-0.2, -0.15) is 0 Å². The monoisotopic (exact) mass is 837 g/mol. The molecule has 1 unspecified atom stereocenters. The van der Waals surface area contributed by atoms with Crippen molar-refractivity contribution >= 4 is 11.9 Å². The molecule has 0 N–H and O–H groups in total. The van der Waals surface area contributed by atoms with Crippen LogP contribution >= 0.6 is 0 Å². The van der Waals surface area contributed by atoms with Gasteiger partial charge in [0, 0.05) is 13.0 Å². The first kappa shape index (κ1) is 57.3. The molecule has 5 nitrogen and oxygen atoms in total. The van der Waals surface area contributed by atoms with Gasteiger partial charge < -0.3 is 14.2 Å². The minimum atomic E-state index is -0.579. The molecule has 0 heterocycles. The standard InChI is InChI=1S/C55H96O5/c1-4-7-10-13-16-19-22-25-28-30-33-36-39-42-45-48-54(56)59-52-53(51-58-50-47-44-41-38-35-32-27-24-21-18-15-12-9-6-3)60-55(57)49-46-43-40-37-34-31-29-26-23-20-17-14-11-8-5-2/h7,10,16,19,25-26,28-29,33,36,42,45,53H,4-6,8-9,11-15,17-18,20-24,27,30-32,34-35,37-41,43-44,46-52H2,1-3H3/b10-7-,19-16-,28-25-,29-26-,36-33-,45-42-. The molecule has 0 aliphatic carbocycles. The Morgan fingerprint density at radius 1 is 0.400 bits per heavy atom. The smallest absolute Gasteiger partial charge is 0.309 e. The largest absolute Gasteiger partial charge is 0.461 e. The maximum atomic E-state index is 12.8. The number of esters is 2. The summed E-state index contributed by atoms with van der Waals surface area (Å²) < 4.78 is 17.3. The van der Waals surface area contributed by atoms with Crippen LogP contribution in [0.15, 0.2) is 72.9 Å². The molecule has 0 aromatic rings. The Morgan fingerprint density at radius 3 is 1.27 bits per heavy atom. The Balaban J connectivity index is 4.39. The maximum absolute atomic E-state index is 12.8. The lowest BCUT2D eigenvalue weighted by Crippen LogP contribution is -2.30. The van der Waals surface area contributed by atoms with Crippen LogP contribution < -0.4 is 0 Å². The van der Waals surface area contributed by atoms with Gasteiger partial charge in [-0.3, -0.25) is 9.59 Å². The van der Waals surface area contributed by atoms with Gasteiger partial charge >= 0.3 is 11.9 Å². The Hall–Kier alpha value is -2.66. The fraction of sp³-hybridized carbons (Fsp3) is 0.745. The third-order valence-corrected chi connectivity index (χ3v) is 10.8. The van der Waals surface area contributed by atoms with Gasteiger partial charge in [-0.1, -0.05) is 229 Å². The van der Waals surface area contributed by atoms with E-state index in [0.29, 0.717) is 13.0 Å². The summed E-state index contributed by atoms with van der Waals surface area (Å²) in [6, 6.07) is 0. The molecule has 0 aliphatic heterocycles. The van der Waals surface area contributed by atoms with Crippen molar-refractivity contribution in [2.75, 3.05) is 19.8 Å². The van der Waals surface area contributed by atoms with Crippen LogP contribution in [0.25, 0.3) is 0 Å². The molecular weight excluding hydrogens is 741 g/mol. The highest BCUT2D eigenvalue weighted by Crippen LogP contribution is 2.14. The highest BCUT2D eigenvalue weighted by atomic mass is 16.6. The Morgan fingerprint density at radius 2 is 0.800 bits per heavy atom. The van der Waals surface area contributed by atoms with E-state index >= 15 is 0 Å². The second-order valence-corrected chi connectivity index (χ2v) is 16.7. The van der Waals surface area contributed by atoms with E-state index in [2.05, 4.69) is 81.5 Å². The number of hydrogen-bond donors (Lipinski definition) is 0. The molecule has 0 aromatic carbocycles. The number of rotatable bonds is 46. The lowest BCUT2D eigenvalue weighted by atomic mass is 10.0. The zero-order chi connectivity index (χ0) is 43.5. The zero-order valence-corrected chi connectivity index (χ0v) is 39.7. The molecular formula is C55H96O5. The van der Waals surface area contributed by atoms with Crippen LogP contribution in [-0.2, 0) is 23.8 Å². The predicted octanol–water partition coefficient (Wildman–Crippen LogP) is 17.1. The summed E-state index contributed by atoms with van der Waals surface area (Å²) in [4.78, 5) is 25.3. The van der Waals surface area contributed by atoms with E-state index in [1.165, 1.54) is 135 Å². The second kappa shape index (κ2) is 50.7. The normalized spacial score (nSPS) is 12.8. The molecule has 0 spiro atoms. The van der Waals surface area contributed by atoms with E-state index in [-0.39, 0.29) is 31.6 Å². The fourth-order valence-corrected chi connectivity index (χ4v) is 6.99. The predicted molar refractivity (Wildman–Crippen MR) is 260 cm³/mol. The van der Waals surface area contributed by atoms with Crippen LogP contribution in [0.1, 0.15) is 239 Å². The topological polar surface area (TPSA) is 61.8 Å².